The lowest BCUT2D eigenvalue weighted by Gasteiger charge is -2.14. The number of hydrogen-bond acceptors (Lipinski definition) is 3. The third-order valence-corrected chi connectivity index (χ3v) is 3.79. The third kappa shape index (κ3) is 3.21. The normalized spacial score (nSPS) is 13.6. The highest BCUT2D eigenvalue weighted by Crippen LogP contribution is 2.18. The van der Waals surface area contributed by atoms with Gasteiger partial charge in [0.2, 0.25) is 10.0 Å². The summed E-state index contributed by atoms with van der Waals surface area (Å²) < 4.78 is 52.0. The number of benzene rings is 1. The van der Waals surface area contributed by atoms with Gasteiger partial charge in [0, 0.05) is 6.04 Å². The van der Waals surface area contributed by atoms with Crippen LogP contribution in [0.2, 0.25) is 0 Å². The number of sulfonamides is 1. The molecule has 0 aliphatic carbocycles. The Labute approximate surface area is 98.3 Å². The Morgan fingerprint density at radius 1 is 1.35 bits per heavy atom. The minimum absolute atomic E-state index is 0.311. The highest BCUT2D eigenvalue weighted by Gasteiger charge is 2.25. The molecule has 0 saturated carbocycles. The zero-order chi connectivity index (χ0) is 13.1. The molecule has 0 saturated heterocycles. The minimum atomic E-state index is -4.31. The van der Waals surface area contributed by atoms with E-state index in [1.165, 1.54) is 0 Å². The lowest BCUT2D eigenvalue weighted by atomic mass is 10.3. The molecule has 1 rings (SSSR count). The number of rotatable bonds is 5. The summed E-state index contributed by atoms with van der Waals surface area (Å²) in [4.78, 5) is -1.02. The molecule has 1 aromatic rings. The topological polar surface area (TPSA) is 66.4 Å². The van der Waals surface area contributed by atoms with Crippen LogP contribution < -0.4 is 4.72 Å². The first-order valence-corrected chi connectivity index (χ1v) is 6.48. The Balaban J connectivity index is 3.14. The molecule has 0 spiro atoms. The maximum atomic E-state index is 13.3. The summed E-state index contributed by atoms with van der Waals surface area (Å²) in [5.74, 6) is -2.32. The first-order chi connectivity index (χ1) is 7.92. The zero-order valence-corrected chi connectivity index (χ0v) is 9.97. The van der Waals surface area contributed by atoms with Gasteiger partial charge in [0.05, 0.1) is 6.61 Å². The average molecular weight is 265 g/mol. The summed E-state index contributed by atoms with van der Waals surface area (Å²) >= 11 is 0. The average Bonchev–Trinajstić information content (AvgIpc) is 2.25. The van der Waals surface area contributed by atoms with Crippen molar-refractivity contribution in [1.29, 1.82) is 0 Å². The zero-order valence-electron chi connectivity index (χ0n) is 9.15. The summed E-state index contributed by atoms with van der Waals surface area (Å²) in [5.41, 5.74) is 0. The summed E-state index contributed by atoms with van der Waals surface area (Å²) in [7, 11) is -4.31. The predicted molar refractivity (Wildman–Crippen MR) is 57.8 cm³/mol. The monoisotopic (exact) mass is 265 g/mol. The molecule has 0 bridgehead atoms. The molecule has 0 aliphatic rings. The van der Waals surface area contributed by atoms with E-state index in [9.17, 15) is 17.2 Å². The molecule has 4 nitrogen and oxygen atoms in total. The molecule has 96 valence electrons. The first-order valence-electron chi connectivity index (χ1n) is 4.99. The second-order valence-electron chi connectivity index (χ2n) is 3.46. The number of hydrogen-bond donors (Lipinski definition) is 2. The summed E-state index contributed by atoms with van der Waals surface area (Å²) in [6.45, 7) is 1.20. The van der Waals surface area contributed by atoms with Crippen LogP contribution in [-0.4, -0.2) is 26.2 Å². The van der Waals surface area contributed by atoms with Crippen molar-refractivity contribution < 1.29 is 22.3 Å². The van der Waals surface area contributed by atoms with Gasteiger partial charge in [0.1, 0.15) is 11.6 Å². The molecule has 0 unspecified atom stereocenters. The Hall–Kier alpha value is -1.05. The fourth-order valence-corrected chi connectivity index (χ4v) is 2.71. The molecule has 0 amide bonds. The van der Waals surface area contributed by atoms with E-state index in [4.69, 9.17) is 5.11 Å². The van der Waals surface area contributed by atoms with Crippen molar-refractivity contribution >= 4 is 10.0 Å². The molecule has 0 aromatic heterocycles. The van der Waals surface area contributed by atoms with Crippen molar-refractivity contribution in [2.75, 3.05) is 6.61 Å². The van der Waals surface area contributed by atoms with Gasteiger partial charge in [-0.3, -0.25) is 0 Å². The third-order valence-electron chi connectivity index (χ3n) is 2.22. The number of nitrogens with one attached hydrogen (secondary N) is 1. The van der Waals surface area contributed by atoms with E-state index < -0.39 is 39.2 Å². The molecular formula is C10H13F2NO3S. The quantitative estimate of drug-likeness (QED) is 0.835. The van der Waals surface area contributed by atoms with Crippen LogP contribution in [0, 0.1) is 11.6 Å². The van der Waals surface area contributed by atoms with Crippen LogP contribution in [0.1, 0.15) is 13.3 Å². The Morgan fingerprint density at radius 3 is 2.29 bits per heavy atom. The van der Waals surface area contributed by atoms with Crippen LogP contribution in [0.3, 0.4) is 0 Å². The molecule has 2 N–H and O–H groups in total. The Kier molecular flexibility index (Phi) is 4.55. The van der Waals surface area contributed by atoms with E-state index >= 15 is 0 Å². The molecule has 1 aromatic carbocycles. The van der Waals surface area contributed by atoms with Crippen molar-refractivity contribution in [2.45, 2.75) is 24.3 Å². The van der Waals surface area contributed by atoms with Gasteiger partial charge in [-0.25, -0.2) is 21.9 Å². The molecule has 7 heteroatoms. The van der Waals surface area contributed by atoms with Gasteiger partial charge in [-0.1, -0.05) is 13.0 Å². The lowest BCUT2D eigenvalue weighted by molar-refractivity contribution is 0.253. The van der Waals surface area contributed by atoms with Crippen LogP contribution in [0.5, 0.6) is 0 Å². The van der Waals surface area contributed by atoms with Gasteiger partial charge in [0.25, 0.3) is 0 Å². The summed E-state index contributed by atoms with van der Waals surface area (Å²) in [5, 5.41) is 8.86. The van der Waals surface area contributed by atoms with Gasteiger partial charge in [0.15, 0.2) is 4.90 Å². The van der Waals surface area contributed by atoms with Crippen LogP contribution in [0.4, 0.5) is 8.78 Å². The van der Waals surface area contributed by atoms with Crippen LogP contribution in [-0.2, 0) is 10.0 Å². The van der Waals surface area contributed by atoms with Crippen molar-refractivity contribution in [2.24, 2.45) is 0 Å². The maximum absolute atomic E-state index is 13.3. The van der Waals surface area contributed by atoms with Crippen molar-refractivity contribution in [1.82, 2.24) is 4.72 Å². The minimum Gasteiger partial charge on any atom is -0.395 e. The van der Waals surface area contributed by atoms with E-state index in [-0.39, 0.29) is 0 Å². The van der Waals surface area contributed by atoms with Crippen molar-refractivity contribution in [3.63, 3.8) is 0 Å². The molecule has 0 heterocycles. The lowest BCUT2D eigenvalue weighted by Crippen LogP contribution is -2.37. The van der Waals surface area contributed by atoms with Gasteiger partial charge in [-0.2, -0.15) is 0 Å². The molecule has 0 fully saturated rings. The summed E-state index contributed by atoms with van der Waals surface area (Å²) in [6.07, 6.45) is 0.311. The van der Waals surface area contributed by atoms with Gasteiger partial charge in [-0.05, 0) is 18.6 Å². The van der Waals surface area contributed by atoms with Crippen LogP contribution in [0.25, 0.3) is 0 Å². The fraction of sp³-hybridized carbons (Fsp3) is 0.400. The van der Waals surface area contributed by atoms with E-state index in [0.717, 1.165) is 18.2 Å². The first kappa shape index (κ1) is 14.0. The van der Waals surface area contributed by atoms with E-state index in [1.54, 1.807) is 6.92 Å². The maximum Gasteiger partial charge on any atom is 0.246 e. The Morgan fingerprint density at radius 2 is 1.88 bits per heavy atom. The Bertz CT molecular complexity index is 466. The molecular weight excluding hydrogens is 252 g/mol. The van der Waals surface area contributed by atoms with Crippen LogP contribution >= 0.6 is 0 Å². The molecule has 0 radical (unpaired) electrons. The number of aliphatic hydroxyl groups is 1. The van der Waals surface area contributed by atoms with Crippen LogP contribution in [0.15, 0.2) is 23.1 Å². The largest absolute Gasteiger partial charge is 0.395 e. The second kappa shape index (κ2) is 5.52. The van der Waals surface area contributed by atoms with Gasteiger partial charge >= 0.3 is 0 Å². The molecule has 1 atom stereocenters. The van der Waals surface area contributed by atoms with Crippen molar-refractivity contribution in [3.05, 3.63) is 29.8 Å². The second-order valence-corrected chi connectivity index (χ2v) is 5.11. The highest BCUT2D eigenvalue weighted by atomic mass is 32.2. The molecule has 17 heavy (non-hydrogen) atoms. The van der Waals surface area contributed by atoms with E-state index in [1.807, 2.05) is 4.72 Å². The van der Waals surface area contributed by atoms with Gasteiger partial charge < -0.3 is 5.11 Å². The van der Waals surface area contributed by atoms with Crippen molar-refractivity contribution in [3.8, 4) is 0 Å². The van der Waals surface area contributed by atoms with Gasteiger partial charge in [-0.15, -0.1) is 0 Å². The molecule has 0 aliphatic heterocycles. The van der Waals surface area contributed by atoms with E-state index in [2.05, 4.69) is 0 Å². The standard InChI is InChI=1S/C10H13F2NO3S/c1-2-7(6-14)13-17(15,16)10-8(11)4-3-5-9(10)12/h3-5,7,13-14H,2,6H2,1H3/t7-/m0/s1. The summed E-state index contributed by atoms with van der Waals surface area (Å²) in [6, 6.07) is 2.03. The highest BCUT2D eigenvalue weighted by molar-refractivity contribution is 7.89. The van der Waals surface area contributed by atoms with E-state index in [0.29, 0.717) is 6.42 Å². The fourth-order valence-electron chi connectivity index (χ4n) is 1.27. The number of halogens is 2. The smallest absolute Gasteiger partial charge is 0.246 e. The predicted octanol–water partition coefficient (Wildman–Crippen LogP) is 1.01. The SMILES string of the molecule is CC[C@@H](CO)NS(=O)(=O)c1c(F)cccc1F. The number of aliphatic hydroxyl groups excluding tert-OH is 1.